The molecule has 5 heterocycles. The second-order valence-corrected chi connectivity index (χ2v) is 11.3. The molecule has 0 unspecified atom stereocenters. The Morgan fingerprint density at radius 3 is 2.70 bits per heavy atom. The van der Waals surface area contributed by atoms with Crippen LogP contribution in [0.4, 0.5) is 11.4 Å². The quantitative estimate of drug-likeness (QED) is 0.280. The maximum atomic E-state index is 12.7. The van der Waals surface area contributed by atoms with Crippen molar-refractivity contribution in [2.24, 2.45) is 0 Å². The monoisotopic (exact) mass is 607 g/mol. The maximum Gasteiger partial charge on any atom is 0.238 e. The zero-order chi connectivity index (χ0) is 27.6. The summed E-state index contributed by atoms with van der Waals surface area (Å²) >= 11 is 3.68. The second-order valence-electron chi connectivity index (χ2n) is 10.4. The van der Waals surface area contributed by atoms with Gasteiger partial charge >= 0.3 is 0 Å². The molecular formula is C29H34BrN7O3. The number of halogens is 1. The molecule has 2 aliphatic rings. The van der Waals surface area contributed by atoms with Gasteiger partial charge in [0.2, 0.25) is 5.91 Å². The Bertz CT molecular complexity index is 1520. The van der Waals surface area contributed by atoms with E-state index in [-0.39, 0.29) is 5.91 Å². The number of hydrogen-bond acceptors (Lipinski definition) is 7. The molecule has 1 aromatic carbocycles. The molecule has 210 valence electrons. The number of ether oxygens (including phenoxy) is 2. The summed E-state index contributed by atoms with van der Waals surface area (Å²) in [5.41, 5.74) is 7.39. The summed E-state index contributed by atoms with van der Waals surface area (Å²) < 4.78 is 14.0. The molecule has 2 aliphatic heterocycles. The second kappa shape index (κ2) is 11.7. The number of carbonyl (C=O) groups is 1. The van der Waals surface area contributed by atoms with E-state index in [1.165, 1.54) is 0 Å². The van der Waals surface area contributed by atoms with Crippen molar-refractivity contribution in [1.29, 1.82) is 0 Å². The number of aromatic amines is 1. The summed E-state index contributed by atoms with van der Waals surface area (Å²) in [5.74, 6) is 0.747. The van der Waals surface area contributed by atoms with Gasteiger partial charge in [0.1, 0.15) is 11.3 Å². The molecule has 3 N–H and O–H groups in total. The number of aryl methyl sites for hydroxylation is 1. The van der Waals surface area contributed by atoms with Gasteiger partial charge in [0, 0.05) is 66.9 Å². The highest BCUT2D eigenvalue weighted by Crippen LogP contribution is 2.34. The lowest BCUT2D eigenvalue weighted by atomic mass is 10.1. The van der Waals surface area contributed by atoms with Gasteiger partial charge in [-0.2, -0.15) is 0 Å². The van der Waals surface area contributed by atoms with E-state index in [2.05, 4.69) is 72.0 Å². The van der Waals surface area contributed by atoms with Gasteiger partial charge in [-0.05, 0) is 66.9 Å². The Morgan fingerprint density at radius 1 is 1.12 bits per heavy atom. The summed E-state index contributed by atoms with van der Waals surface area (Å²) in [7, 11) is 0. The Labute approximate surface area is 241 Å². The predicted octanol–water partition coefficient (Wildman–Crippen LogP) is 4.66. The molecule has 11 heteroatoms. The molecule has 1 amide bonds. The number of amides is 1. The molecule has 0 aliphatic carbocycles. The van der Waals surface area contributed by atoms with Crippen molar-refractivity contribution in [3.05, 3.63) is 52.4 Å². The van der Waals surface area contributed by atoms with Crippen LogP contribution in [-0.4, -0.2) is 82.4 Å². The van der Waals surface area contributed by atoms with Crippen LogP contribution in [0.3, 0.4) is 0 Å². The Morgan fingerprint density at radius 2 is 1.90 bits per heavy atom. The van der Waals surface area contributed by atoms with Crippen LogP contribution in [0, 0.1) is 13.8 Å². The number of nitrogens with one attached hydrogen (secondary N) is 3. The van der Waals surface area contributed by atoms with E-state index in [1.807, 2.05) is 18.2 Å². The number of imidazole rings is 1. The number of H-pyrrole nitrogens is 1. The fourth-order valence-corrected chi connectivity index (χ4v) is 5.95. The summed E-state index contributed by atoms with van der Waals surface area (Å²) in [6.07, 6.45) is 3.73. The molecule has 0 atom stereocenters. The Balaban J connectivity index is 1.26. The SMILES string of the molecule is Cc1cc(-c2nc3ncc(Br)c(NC4CCOCC4)c3[nH]2)c(C)n1-c1cccc(NC(=O)CN2CCOCC2)c1. The minimum Gasteiger partial charge on any atom is -0.381 e. The Hall–Kier alpha value is -3.25. The van der Waals surface area contributed by atoms with E-state index in [0.717, 1.165) is 89.0 Å². The third-order valence-corrected chi connectivity index (χ3v) is 8.19. The van der Waals surface area contributed by atoms with Gasteiger partial charge in [-0.15, -0.1) is 0 Å². The maximum absolute atomic E-state index is 12.7. The number of morpholine rings is 1. The fraction of sp³-hybridized carbons (Fsp3) is 0.414. The van der Waals surface area contributed by atoms with Crippen LogP contribution < -0.4 is 10.6 Å². The molecule has 2 fully saturated rings. The highest BCUT2D eigenvalue weighted by atomic mass is 79.9. The first-order valence-corrected chi connectivity index (χ1v) is 14.5. The van der Waals surface area contributed by atoms with Crippen molar-refractivity contribution >= 4 is 44.4 Å². The number of aromatic nitrogens is 4. The zero-order valence-corrected chi connectivity index (χ0v) is 24.4. The number of carbonyl (C=O) groups excluding carboxylic acids is 1. The molecule has 0 saturated carbocycles. The molecule has 40 heavy (non-hydrogen) atoms. The Kier molecular flexibility index (Phi) is 7.88. The molecule has 3 aromatic heterocycles. The van der Waals surface area contributed by atoms with Crippen molar-refractivity contribution in [2.45, 2.75) is 32.7 Å². The molecule has 4 aromatic rings. The molecule has 2 saturated heterocycles. The van der Waals surface area contributed by atoms with E-state index >= 15 is 0 Å². The average Bonchev–Trinajstić information content (AvgIpc) is 3.51. The smallest absolute Gasteiger partial charge is 0.238 e. The largest absolute Gasteiger partial charge is 0.381 e. The van der Waals surface area contributed by atoms with Crippen LogP contribution >= 0.6 is 15.9 Å². The number of pyridine rings is 1. The predicted molar refractivity (Wildman–Crippen MR) is 159 cm³/mol. The lowest BCUT2D eigenvalue weighted by Gasteiger charge is -2.25. The summed E-state index contributed by atoms with van der Waals surface area (Å²) in [5, 5.41) is 6.73. The standard InChI is InChI=1S/C29H34BrN7O3/c1-18-14-23(28-34-27-26(24(30)16-31-29(27)35-28)33-20-6-10-39-11-7-20)19(2)37(18)22-5-3-4-21(15-22)32-25(38)17-36-8-12-40-13-9-36/h3-5,14-16,20H,6-13,17H2,1-2H3,(H,32,38)(H2,31,33,34,35). The van der Waals surface area contributed by atoms with Crippen molar-refractivity contribution in [2.75, 3.05) is 56.7 Å². The lowest BCUT2D eigenvalue weighted by Crippen LogP contribution is -2.41. The third kappa shape index (κ3) is 5.64. The lowest BCUT2D eigenvalue weighted by molar-refractivity contribution is -0.118. The average molecular weight is 609 g/mol. The zero-order valence-electron chi connectivity index (χ0n) is 22.8. The molecule has 0 spiro atoms. The minimum absolute atomic E-state index is 0.0215. The van der Waals surface area contributed by atoms with Crippen LogP contribution in [0.2, 0.25) is 0 Å². The van der Waals surface area contributed by atoms with E-state index in [4.69, 9.17) is 14.5 Å². The molecule has 6 rings (SSSR count). The van der Waals surface area contributed by atoms with Gasteiger partial charge in [-0.25, -0.2) is 9.97 Å². The van der Waals surface area contributed by atoms with Gasteiger partial charge in [0.05, 0.1) is 29.9 Å². The van der Waals surface area contributed by atoms with Gasteiger partial charge in [-0.1, -0.05) is 6.07 Å². The summed E-state index contributed by atoms with van der Waals surface area (Å²) in [6.45, 7) is 8.96. The van der Waals surface area contributed by atoms with Crippen LogP contribution in [0.15, 0.2) is 41.0 Å². The summed E-state index contributed by atoms with van der Waals surface area (Å²) in [6, 6.07) is 10.4. The normalized spacial score (nSPS) is 16.9. The van der Waals surface area contributed by atoms with Gasteiger partial charge < -0.3 is 29.7 Å². The van der Waals surface area contributed by atoms with Crippen molar-refractivity contribution in [3.8, 4) is 17.1 Å². The first-order chi connectivity index (χ1) is 19.5. The molecular weight excluding hydrogens is 574 g/mol. The first-order valence-electron chi connectivity index (χ1n) is 13.7. The highest BCUT2D eigenvalue weighted by Gasteiger charge is 2.21. The number of anilines is 2. The highest BCUT2D eigenvalue weighted by molar-refractivity contribution is 9.10. The first kappa shape index (κ1) is 26.9. The van der Waals surface area contributed by atoms with Crippen molar-refractivity contribution in [3.63, 3.8) is 0 Å². The van der Waals surface area contributed by atoms with Crippen molar-refractivity contribution < 1.29 is 14.3 Å². The number of hydrogen-bond donors (Lipinski definition) is 3. The van der Waals surface area contributed by atoms with E-state index in [9.17, 15) is 4.79 Å². The molecule has 0 radical (unpaired) electrons. The van der Waals surface area contributed by atoms with Gasteiger partial charge in [-0.3, -0.25) is 9.69 Å². The van der Waals surface area contributed by atoms with Crippen molar-refractivity contribution in [1.82, 2.24) is 24.4 Å². The third-order valence-electron chi connectivity index (χ3n) is 7.59. The van der Waals surface area contributed by atoms with E-state index in [0.29, 0.717) is 31.4 Å². The number of fused-ring (bicyclic) bond motifs is 1. The van der Waals surface area contributed by atoms with Gasteiger partial charge in [0.25, 0.3) is 0 Å². The van der Waals surface area contributed by atoms with E-state index in [1.54, 1.807) is 6.20 Å². The number of rotatable bonds is 7. The molecule has 10 nitrogen and oxygen atoms in total. The fourth-order valence-electron chi connectivity index (χ4n) is 5.53. The van der Waals surface area contributed by atoms with Crippen LogP contribution in [0.5, 0.6) is 0 Å². The van der Waals surface area contributed by atoms with Crippen LogP contribution in [-0.2, 0) is 14.3 Å². The molecule has 0 bridgehead atoms. The topological polar surface area (TPSA) is 109 Å². The van der Waals surface area contributed by atoms with Gasteiger partial charge in [0.15, 0.2) is 5.65 Å². The van der Waals surface area contributed by atoms with E-state index < -0.39 is 0 Å². The number of nitrogens with zero attached hydrogens (tertiary/aromatic N) is 4. The van der Waals surface area contributed by atoms with Crippen LogP contribution in [0.1, 0.15) is 24.2 Å². The summed E-state index contributed by atoms with van der Waals surface area (Å²) in [4.78, 5) is 27.8. The van der Waals surface area contributed by atoms with Crippen LogP contribution in [0.25, 0.3) is 28.2 Å². The minimum atomic E-state index is -0.0215. The number of benzene rings is 1.